The first-order chi connectivity index (χ1) is 12.2. The molecule has 2 aromatic rings. The first-order valence-corrected chi connectivity index (χ1v) is 8.85. The number of likely N-dealkylation sites (tertiary alicyclic amines) is 1. The maximum atomic E-state index is 13.2. The number of rotatable bonds is 4. The number of halogens is 1. The van der Waals surface area contributed by atoms with Crippen LogP contribution < -0.4 is 11.1 Å². The van der Waals surface area contributed by atoms with E-state index in [9.17, 15) is 9.18 Å². The Balaban J connectivity index is 1.69. The van der Waals surface area contributed by atoms with E-state index in [1.54, 1.807) is 22.9 Å². The third-order valence-corrected chi connectivity index (χ3v) is 4.93. The molecule has 1 aromatic carbocycles. The van der Waals surface area contributed by atoms with Crippen LogP contribution in [0, 0.1) is 18.2 Å². The van der Waals surface area contributed by atoms with Gasteiger partial charge in [-0.2, -0.15) is 5.10 Å². The lowest BCUT2D eigenvalue weighted by molar-refractivity contribution is -0.118. The van der Waals surface area contributed by atoms with E-state index in [0.717, 1.165) is 25.2 Å². The van der Waals surface area contributed by atoms with Gasteiger partial charge in [-0.25, -0.2) is 9.07 Å². The van der Waals surface area contributed by atoms with Crippen LogP contribution >= 0.6 is 0 Å². The minimum Gasteiger partial charge on any atom is -0.327 e. The van der Waals surface area contributed by atoms with Crippen molar-refractivity contribution in [1.29, 1.82) is 0 Å². The molecule has 3 rings (SSSR count). The lowest BCUT2D eigenvalue weighted by atomic mass is 9.80. The molecule has 140 valence electrons. The number of aryl methyl sites for hydroxylation is 1. The quantitative estimate of drug-likeness (QED) is 0.878. The summed E-state index contributed by atoms with van der Waals surface area (Å²) in [6.07, 6.45) is 0.882. The normalized spacial score (nSPS) is 20.1. The number of carbonyl (C=O) groups excluding carboxylic acids is 1. The summed E-state index contributed by atoms with van der Waals surface area (Å²) in [6.45, 7) is 8.03. The Morgan fingerprint density at radius 3 is 2.73 bits per heavy atom. The van der Waals surface area contributed by atoms with Crippen molar-refractivity contribution >= 4 is 11.7 Å². The van der Waals surface area contributed by atoms with E-state index in [0.29, 0.717) is 18.1 Å². The minimum absolute atomic E-state index is 0.00893. The van der Waals surface area contributed by atoms with Gasteiger partial charge in [0.05, 0.1) is 17.9 Å². The molecule has 2 heterocycles. The van der Waals surface area contributed by atoms with Crippen molar-refractivity contribution in [2.75, 3.05) is 25.0 Å². The van der Waals surface area contributed by atoms with Crippen LogP contribution in [0.2, 0.25) is 0 Å². The third-order valence-electron chi connectivity index (χ3n) is 4.93. The van der Waals surface area contributed by atoms with Crippen LogP contribution in [-0.4, -0.2) is 46.3 Å². The number of nitrogens with zero attached hydrogens (tertiary/aromatic N) is 3. The lowest BCUT2D eigenvalue weighted by Gasteiger charge is -2.42. The molecule has 0 aliphatic carbocycles. The number of benzene rings is 1. The smallest absolute Gasteiger partial charge is 0.239 e. The first-order valence-electron chi connectivity index (χ1n) is 8.85. The van der Waals surface area contributed by atoms with Crippen LogP contribution in [0.15, 0.2) is 30.3 Å². The molecule has 1 amide bonds. The van der Waals surface area contributed by atoms with E-state index in [1.165, 1.54) is 12.1 Å². The first kappa shape index (κ1) is 18.5. The fourth-order valence-corrected chi connectivity index (χ4v) is 3.37. The maximum Gasteiger partial charge on any atom is 0.239 e. The monoisotopic (exact) mass is 359 g/mol. The molecule has 1 unspecified atom stereocenters. The van der Waals surface area contributed by atoms with Crippen LogP contribution in [0.1, 0.15) is 26.0 Å². The molecule has 0 radical (unpaired) electrons. The van der Waals surface area contributed by atoms with E-state index >= 15 is 0 Å². The van der Waals surface area contributed by atoms with Crippen LogP contribution in [0.3, 0.4) is 0 Å². The summed E-state index contributed by atoms with van der Waals surface area (Å²) in [5, 5.41) is 7.32. The molecule has 0 saturated carbocycles. The molecule has 1 atom stereocenters. The predicted octanol–water partition coefficient (Wildman–Crippen LogP) is 2.32. The summed E-state index contributed by atoms with van der Waals surface area (Å²) < 4.78 is 14.8. The molecule has 0 bridgehead atoms. The number of nitrogens with two attached hydrogens (primary N) is 1. The topological polar surface area (TPSA) is 76.2 Å². The highest BCUT2D eigenvalue weighted by atomic mass is 19.1. The molecular weight excluding hydrogens is 333 g/mol. The van der Waals surface area contributed by atoms with Crippen molar-refractivity contribution < 1.29 is 9.18 Å². The van der Waals surface area contributed by atoms with E-state index in [-0.39, 0.29) is 23.2 Å². The predicted molar refractivity (Wildman–Crippen MR) is 99.7 cm³/mol. The SMILES string of the molecule is Cc1cc(NC(=O)CN2CCC(N)C(C)(C)C2)n(-c2ccc(F)cc2)n1. The third kappa shape index (κ3) is 4.11. The Bertz CT molecular complexity index is 784. The summed E-state index contributed by atoms with van der Waals surface area (Å²) in [7, 11) is 0. The second kappa shape index (κ2) is 7.17. The summed E-state index contributed by atoms with van der Waals surface area (Å²) in [5.41, 5.74) is 7.62. The van der Waals surface area contributed by atoms with E-state index in [1.807, 2.05) is 6.92 Å². The molecule has 0 spiro atoms. The number of carbonyl (C=O) groups is 1. The number of nitrogens with one attached hydrogen (secondary N) is 1. The Hall–Kier alpha value is -2.25. The van der Waals surface area contributed by atoms with Crippen molar-refractivity contribution in [2.24, 2.45) is 11.1 Å². The number of hydrogen-bond acceptors (Lipinski definition) is 4. The summed E-state index contributed by atoms with van der Waals surface area (Å²) in [5.74, 6) is 0.167. The van der Waals surface area contributed by atoms with Crippen molar-refractivity contribution in [3.63, 3.8) is 0 Å². The highest BCUT2D eigenvalue weighted by Crippen LogP contribution is 2.27. The van der Waals surface area contributed by atoms with Gasteiger partial charge in [0.25, 0.3) is 0 Å². The molecule has 3 N–H and O–H groups in total. The van der Waals surface area contributed by atoms with E-state index in [4.69, 9.17) is 5.73 Å². The Morgan fingerprint density at radius 1 is 1.38 bits per heavy atom. The van der Waals surface area contributed by atoms with E-state index < -0.39 is 0 Å². The molecule has 1 aliphatic rings. The van der Waals surface area contributed by atoms with Gasteiger partial charge in [0, 0.05) is 25.2 Å². The van der Waals surface area contributed by atoms with Crippen molar-refractivity contribution in [1.82, 2.24) is 14.7 Å². The summed E-state index contributed by atoms with van der Waals surface area (Å²) in [6, 6.07) is 7.97. The summed E-state index contributed by atoms with van der Waals surface area (Å²) in [4.78, 5) is 14.7. The van der Waals surface area contributed by atoms with Crippen molar-refractivity contribution in [2.45, 2.75) is 33.2 Å². The van der Waals surface area contributed by atoms with Gasteiger partial charge in [-0.15, -0.1) is 0 Å². The molecule has 1 aromatic heterocycles. The number of anilines is 1. The molecule has 6 nitrogen and oxygen atoms in total. The van der Waals surface area contributed by atoms with Crippen molar-refractivity contribution in [3.8, 4) is 5.69 Å². The van der Waals surface area contributed by atoms with Crippen LogP contribution in [0.25, 0.3) is 5.69 Å². The minimum atomic E-state index is -0.311. The Labute approximate surface area is 153 Å². The van der Waals surface area contributed by atoms with Gasteiger partial charge in [-0.3, -0.25) is 9.69 Å². The van der Waals surface area contributed by atoms with Crippen LogP contribution in [0.5, 0.6) is 0 Å². The van der Waals surface area contributed by atoms with Crippen molar-refractivity contribution in [3.05, 3.63) is 41.8 Å². The Kier molecular flexibility index (Phi) is 5.11. The van der Waals surface area contributed by atoms with Gasteiger partial charge in [0.2, 0.25) is 5.91 Å². The molecule has 26 heavy (non-hydrogen) atoms. The van der Waals surface area contributed by atoms with Crippen LogP contribution in [-0.2, 0) is 4.79 Å². The molecular formula is C19H26FN5O. The fourth-order valence-electron chi connectivity index (χ4n) is 3.37. The van der Waals surface area contributed by atoms with Gasteiger partial charge in [0.15, 0.2) is 0 Å². The maximum absolute atomic E-state index is 13.2. The van der Waals surface area contributed by atoms with Gasteiger partial charge >= 0.3 is 0 Å². The molecule has 1 fully saturated rings. The second-order valence-electron chi connectivity index (χ2n) is 7.70. The Morgan fingerprint density at radius 2 is 2.08 bits per heavy atom. The van der Waals surface area contributed by atoms with Gasteiger partial charge < -0.3 is 11.1 Å². The highest BCUT2D eigenvalue weighted by Gasteiger charge is 2.33. The van der Waals surface area contributed by atoms with E-state index in [2.05, 4.69) is 29.2 Å². The molecule has 1 aliphatic heterocycles. The van der Waals surface area contributed by atoms with Gasteiger partial charge in [-0.1, -0.05) is 13.8 Å². The van der Waals surface area contributed by atoms with Gasteiger partial charge in [0.1, 0.15) is 11.6 Å². The lowest BCUT2D eigenvalue weighted by Crippen LogP contribution is -2.53. The highest BCUT2D eigenvalue weighted by molar-refractivity contribution is 5.91. The zero-order valence-corrected chi connectivity index (χ0v) is 15.5. The zero-order chi connectivity index (χ0) is 18.9. The molecule has 7 heteroatoms. The average Bonchev–Trinajstić information content (AvgIpc) is 2.91. The van der Waals surface area contributed by atoms with Gasteiger partial charge in [-0.05, 0) is 43.0 Å². The number of hydrogen-bond donors (Lipinski definition) is 2. The second-order valence-corrected chi connectivity index (χ2v) is 7.70. The number of amides is 1. The summed E-state index contributed by atoms with van der Waals surface area (Å²) >= 11 is 0. The van der Waals surface area contributed by atoms with Crippen LogP contribution in [0.4, 0.5) is 10.2 Å². The zero-order valence-electron chi connectivity index (χ0n) is 15.5. The number of piperidine rings is 1. The molecule has 1 saturated heterocycles. The average molecular weight is 359 g/mol. The standard InChI is InChI=1S/C19H26FN5O/c1-13-10-17(25(23-13)15-6-4-14(20)5-7-15)22-18(26)11-24-9-8-16(21)19(2,3)12-24/h4-7,10,16H,8-9,11-12,21H2,1-3H3,(H,22,26). The number of aromatic nitrogens is 2. The fraction of sp³-hybridized carbons (Fsp3) is 0.474. The largest absolute Gasteiger partial charge is 0.327 e.